The van der Waals surface area contributed by atoms with Crippen LogP contribution < -0.4 is 10.6 Å². The number of ether oxygens (including phenoxy) is 1. The Morgan fingerprint density at radius 1 is 1.56 bits per heavy atom. The maximum atomic E-state index is 11.8. The standard InChI is InChI=1S/C13H26N2O2S/c1-10(12(16)14-5-6-17-4)15-11-7-13(2,3)9-18-8-11/h10-11,15H,5-9H2,1-4H3,(H,14,16). The van der Waals surface area contributed by atoms with Crippen LogP contribution in [0.5, 0.6) is 0 Å². The van der Waals surface area contributed by atoms with Gasteiger partial charge in [0.25, 0.3) is 0 Å². The van der Waals surface area contributed by atoms with Crippen LogP contribution in [0.1, 0.15) is 27.2 Å². The molecule has 5 heteroatoms. The molecule has 18 heavy (non-hydrogen) atoms. The van der Waals surface area contributed by atoms with E-state index in [0.717, 1.165) is 12.2 Å². The third-order valence-electron chi connectivity index (χ3n) is 3.10. The number of hydrogen-bond acceptors (Lipinski definition) is 4. The van der Waals surface area contributed by atoms with Gasteiger partial charge < -0.3 is 15.4 Å². The molecule has 0 spiro atoms. The highest BCUT2D eigenvalue weighted by atomic mass is 32.2. The normalized spacial score (nSPS) is 24.6. The Morgan fingerprint density at radius 2 is 2.28 bits per heavy atom. The lowest BCUT2D eigenvalue weighted by Gasteiger charge is -2.36. The maximum Gasteiger partial charge on any atom is 0.236 e. The first kappa shape index (κ1) is 15.8. The molecule has 106 valence electrons. The number of amides is 1. The van der Waals surface area contributed by atoms with E-state index in [1.807, 2.05) is 18.7 Å². The Kier molecular flexibility index (Phi) is 6.46. The van der Waals surface area contributed by atoms with E-state index in [4.69, 9.17) is 4.74 Å². The van der Waals surface area contributed by atoms with Gasteiger partial charge in [-0.15, -0.1) is 0 Å². The molecule has 0 aromatic heterocycles. The average Bonchev–Trinajstić information content (AvgIpc) is 2.27. The summed E-state index contributed by atoms with van der Waals surface area (Å²) in [5.41, 5.74) is 0.368. The summed E-state index contributed by atoms with van der Waals surface area (Å²) in [4.78, 5) is 11.8. The Labute approximate surface area is 115 Å². The molecule has 1 fully saturated rings. The van der Waals surface area contributed by atoms with E-state index in [-0.39, 0.29) is 11.9 Å². The van der Waals surface area contributed by atoms with Crippen molar-refractivity contribution in [3.8, 4) is 0 Å². The minimum atomic E-state index is -0.138. The minimum absolute atomic E-state index is 0.0560. The Morgan fingerprint density at radius 3 is 2.89 bits per heavy atom. The number of carbonyl (C=O) groups is 1. The lowest BCUT2D eigenvalue weighted by Crippen LogP contribution is -2.50. The van der Waals surface area contributed by atoms with Gasteiger partial charge in [-0.05, 0) is 24.5 Å². The molecule has 2 N–H and O–H groups in total. The smallest absolute Gasteiger partial charge is 0.236 e. The van der Waals surface area contributed by atoms with Crippen molar-refractivity contribution in [3.63, 3.8) is 0 Å². The van der Waals surface area contributed by atoms with Gasteiger partial charge in [-0.1, -0.05) is 13.8 Å². The molecule has 0 saturated carbocycles. The van der Waals surface area contributed by atoms with E-state index in [1.54, 1.807) is 7.11 Å². The molecule has 2 atom stereocenters. The molecule has 2 unspecified atom stereocenters. The van der Waals surface area contributed by atoms with Crippen LogP contribution >= 0.6 is 11.8 Å². The first-order valence-corrected chi connectivity index (χ1v) is 7.70. The van der Waals surface area contributed by atoms with Gasteiger partial charge >= 0.3 is 0 Å². The van der Waals surface area contributed by atoms with E-state index < -0.39 is 0 Å². The van der Waals surface area contributed by atoms with Crippen molar-refractivity contribution in [2.24, 2.45) is 5.41 Å². The predicted octanol–water partition coefficient (Wildman–Crippen LogP) is 1.26. The highest BCUT2D eigenvalue weighted by molar-refractivity contribution is 7.99. The third-order valence-corrected chi connectivity index (χ3v) is 4.72. The Hall–Kier alpha value is -0.260. The zero-order valence-electron chi connectivity index (χ0n) is 11.9. The summed E-state index contributed by atoms with van der Waals surface area (Å²) in [6.07, 6.45) is 1.13. The van der Waals surface area contributed by atoms with Crippen LogP contribution in [0.4, 0.5) is 0 Å². The maximum absolute atomic E-state index is 11.8. The molecule has 0 aromatic carbocycles. The van der Waals surface area contributed by atoms with Gasteiger partial charge in [-0.25, -0.2) is 0 Å². The summed E-state index contributed by atoms with van der Waals surface area (Å²) in [6, 6.07) is 0.295. The summed E-state index contributed by atoms with van der Waals surface area (Å²) in [6.45, 7) is 7.64. The molecule has 0 radical (unpaired) electrons. The van der Waals surface area contributed by atoms with E-state index in [0.29, 0.717) is 24.6 Å². The van der Waals surface area contributed by atoms with Crippen molar-refractivity contribution in [1.82, 2.24) is 10.6 Å². The predicted molar refractivity (Wildman–Crippen MR) is 77.0 cm³/mol. The van der Waals surface area contributed by atoms with Gasteiger partial charge in [0, 0.05) is 25.4 Å². The highest BCUT2D eigenvalue weighted by Crippen LogP contribution is 2.33. The second-order valence-corrected chi connectivity index (χ2v) is 6.78. The number of nitrogens with one attached hydrogen (secondary N) is 2. The first-order valence-electron chi connectivity index (χ1n) is 6.55. The lowest BCUT2D eigenvalue weighted by atomic mass is 9.87. The second-order valence-electron chi connectivity index (χ2n) is 5.75. The molecular weight excluding hydrogens is 248 g/mol. The third kappa shape index (κ3) is 5.59. The van der Waals surface area contributed by atoms with Gasteiger partial charge in [0.1, 0.15) is 0 Å². The number of carbonyl (C=O) groups excluding carboxylic acids is 1. The fourth-order valence-corrected chi connectivity index (χ4v) is 3.51. The molecule has 1 rings (SSSR count). The molecule has 0 aliphatic carbocycles. The van der Waals surface area contributed by atoms with Gasteiger partial charge in [0.05, 0.1) is 12.6 Å². The molecule has 1 aliphatic rings. The SMILES string of the molecule is COCCNC(=O)C(C)NC1CSCC(C)(C)C1. The monoisotopic (exact) mass is 274 g/mol. The van der Waals surface area contributed by atoms with E-state index in [2.05, 4.69) is 24.5 Å². The average molecular weight is 274 g/mol. The van der Waals surface area contributed by atoms with Gasteiger partial charge in [0.2, 0.25) is 5.91 Å². The minimum Gasteiger partial charge on any atom is -0.383 e. The topological polar surface area (TPSA) is 50.4 Å². The van der Waals surface area contributed by atoms with Crippen molar-refractivity contribution in [2.75, 3.05) is 31.8 Å². The summed E-state index contributed by atoms with van der Waals surface area (Å²) in [7, 11) is 1.63. The molecule has 4 nitrogen and oxygen atoms in total. The molecule has 1 amide bonds. The number of methoxy groups -OCH3 is 1. The largest absolute Gasteiger partial charge is 0.383 e. The van der Waals surface area contributed by atoms with E-state index >= 15 is 0 Å². The van der Waals surface area contributed by atoms with Crippen LogP contribution in [-0.4, -0.2) is 49.8 Å². The molecule has 1 aliphatic heterocycles. The van der Waals surface area contributed by atoms with Crippen molar-refractivity contribution < 1.29 is 9.53 Å². The Balaban J connectivity index is 2.30. The molecule has 0 bridgehead atoms. The summed E-state index contributed by atoms with van der Waals surface area (Å²) < 4.78 is 4.91. The van der Waals surface area contributed by atoms with Crippen LogP contribution in [-0.2, 0) is 9.53 Å². The first-order chi connectivity index (χ1) is 8.44. The number of thioether (sulfide) groups is 1. The van der Waals surface area contributed by atoms with Crippen molar-refractivity contribution in [3.05, 3.63) is 0 Å². The van der Waals surface area contributed by atoms with Crippen molar-refractivity contribution >= 4 is 17.7 Å². The van der Waals surface area contributed by atoms with Crippen LogP contribution in [0, 0.1) is 5.41 Å². The summed E-state index contributed by atoms with van der Waals surface area (Å²) in [5, 5.41) is 6.29. The summed E-state index contributed by atoms with van der Waals surface area (Å²) in [5.74, 6) is 2.36. The van der Waals surface area contributed by atoms with Crippen LogP contribution in [0.25, 0.3) is 0 Å². The summed E-state index contributed by atoms with van der Waals surface area (Å²) >= 11 is 1.97. The van der Waals surface area contributed by atoms with Gasteiger partial charge in [0.15, 0.2) is 0 Å². The van der Waals surface area contributed by atoms with Gasteiger partial charge in [-0.2, -0.15) is 11.8 Å². The molecule has 1 heterocycles. The lowest BCUT2D eigenvalue weighted by molar-refractivity contribution is -0.123. The zero-order valence-corrected chi connectivity index (χ0v) is 12.7. The van der Waals surface area contributed by atoms with Crippen LogP contribution in [0.3, 0.4) is 0 Å². The quantitative estimate of drug-likeness (QED) is 0.716. The highest BCUT2D eigenvalue weighted by Gasteiger charge is 2.29. The zero-order chi connectivity index (χ0) is 13.6. The van der Waals surface area contributed by atoms with Crippen LogP contribution in [0.2, 0.25) is 0 Å². The fourth-order valence-electron chi connectivity index (χ4n) is 2.23. The van der Waals surface area contributed by atoms with E-state index in [9.17, 15) is 4.79 Å². The number of rotatable bonds is 6. The molecule has 0 aromatic rings. The fraction of sp³-hybridized carbons (Fsp3) is 0.923. The van der Waals surface area contributed by atoms with Crippen molar-refractivity contribution in [2.45, 2.75) is 39.3 Å². The number of hydrogen-bond donors (Lipinski definition) is 2. The van der Waals surface area contributed by atoms with Crippen LogP contribution in [0.15, 0.2) is 0 Å². The van der Waals surface area contributed by atoms with Gasteiger partial charge in [-0.3, -0.25) is 4.79 Å². The second kappa shape index (κ2) is 7.36. The van der Waals surface area contributed by atoms with E-state index in [1.165, 1.54) is 5.75 Å². The van der Waals surface area contributed by atoms with Crippen molar-refractivity contribution in [1.29, 1.82) is 0 Å². The Bertz CT molecular complexity index is 272. The molecular formula is C13H26N2O2S. The molecule has 1 saturated heterocycles.